The van der Waals surface area contributed by atoms with Crippen molar-refractivity contribution in [3.8, 4) is 0 Å². The third kappa shape index (κ3) is 2.77. The number of rotatable bonds is 6. The van der Waals surface area contributed by atoms with Crippen LogP contribution < -0.4 is 5.73 Å². The summed E-state index contributed by atoms with van der Waals surface area (Å²) in [6.07, 6.45) is 3.84. The highest BCUT2D eigenvalue weighted by Gasteiger charge is 2.33. The summed E-state index contributed by atoms with van der Waals surface area (Å²) in [4.78, 5) is 3.87. The summed E-state index contributed by atoms with van der Waals surface area (Å²) in [6, 6.07) is 5.22. The van der Waals surface area contributed by atoms with E-state index in [-0.39, 0.29) is 0 Å². The van der Waals surface area contributed by atoms with E-state index in [9.17, 15) is 0 Å². The van der Waals surface area contributed by atoms with Crippen LogP contribution in [0.25, 0.3) is 0 Å². The quantitative estimate of drug-likeness (QED) is 0.849. The fraction of sp³-hybridized carbons (Fsp3) is 0.667. The first-order valence-corrected chi connectivity index (χ1v) is 7.16. The van der Waals surface area contributed by atoms with Crippen molar-refractivity contribution in [1.29, 1.82) is 0 Å². The molecule has 0 saturated heterocycles. The average Bonchev–Trinajstić information content (AvgIpc) is 3.02. The molecule has 2 rings (SSSR count). The van der Waals surface area contributed by atoms with Crippen LogP contribution in [0.2, 0.25) is 4.34 Å². The Morgan fingerprint density at radius 3 is 2.75 bits per heavy atom. The second kappa shape index (κ2) is 5.50. The molecule has 90 valence electrons. The molecule has 1 unspecified atom stereocenters. The summed E-state index contributed by atoms with van der Waals surface area (Å²) in [5.41, 5.74) is 5.93. The minimum absolute atomic E-state index is 0.366. The molecule has 2 N–H and O–H groups in total. The molecule has 1 aromatic heterocycles. The maximum atomic E-state index is 6.00. The van der Waals surface area contributed by atoms with Crippen LogP contribution in [0.1, 0.15) is 37.1 Å². The second-order valence-electron chi connectivity index (χ2n) is 4.36. The Morgan fingerprint density at radius 2 is 2.31 bits per heavy atom. The van der Waals surface area contributed by atoms with Gasteiger partial charge in [-0.3, -0.25) is 4.90 Å². The monoisotopic (exact) mass is 258 g/mol. The van der Waals surface area contributed by atoms with Crippen LogP contribution >= 0.6 is 22.9 Å². The predicted molar refractivity (Wildman–Crippen MR) is 71.1 cm³/mol. The van der Waals surface area contributed by atoms with Crippen molar-refractivity contribution in [3.05, 3.63) is 21.3 Å². The fourth-order valence-electron chi connectivity index (χ4n) is 2.18. The molecule has 1 aromatic rings. The van der Waals surface area contributed by atoms with Gasteiger partial charge in [-0.1, -0.05) is 18.5 Å². The van der Waals surface area contributed by atoms with Crippen LogP contribution in [0.5, 0.6) is 0 Å². The Morgan fingerprint density at radius 1 is 1.56 bits per heavy atom. The van der Waals surface area contributed by atoms with E-state index < -0.39 is 0 Å². The average molecular weight is 259 g/mol. The molecule has 2 nitrogen and oxygen atoms in total. The van der Waals surface area contributed by atoms with E-state index in [0.29, 0.717) is 12.6 Å². The van der Waals surface area contributed by atoms with Crippen molar-refractivity contribution >= 4 is 22.9 Å². The molecule has 0 spiro atoms. The lowest BCUT2D eigenvalue weighted by Crippen LogP contribution is -2.35. The first-order chi connectivity index (χ1) is 7.76. The predicted octanol–water partition coefficient (Wildman–Crippen LogP) is 3.28. The zero-order valence-electron chi connectivity index (χ0n) is 9.66. The van der Waals surface area contributed by atoms with Gasteiger partial charge in [-0.25, -0.2) is 0 Å². The van der Waals surface area contributed by atoms with Crippen molar-refractivity contribution in [2.45, 2.75) is 38.3 Å². The third-order valence-corrected chi connectivity index (χ3v) is 4.38. The lowest BCUT2D eigenvalue weighted by atomic mass is 10.2. The molecule has 1 fully saturated rings. The third-order valence-electron chi connectivity index (χ3n) is 3.04. The van der Waals surface area contributed by atoms with E-state index in [1.165, 1.54) is 24.1 Å². The SMILES string of the molecule is CCCN(C1CC1)C(CN)c1ccc(Cl)s1. The molecule has 1 aliphatic rings. The van der Waals surface area contributed by atoms with Crippen LogP contribution in [-0.2, 0) is 0 Å². The summed E-state index contributed by atoms with van der Waals surface area (Å²) in [5, 5.41) is 0. The first-order valence-electron chi connectivity index (χ1n) is 5.97. The van der Waals surface area contributed by atoms with Gasteiger partial charge < -0.3 is 5.73 Å². The van der Waals surface area contributed by atoms with E-state index in [1.54, 1.807) is 11.3 Å². The molecule has 0 amide bonds. The molecule has 1 saturated carbocycles. The molecular formula is C12H19ClN2S. The smallest absolute Gasteiger partial charge is 0.0931 e. The van der Waals surface area contributed by atoms with Gasteiger partial charge in [0.25, 0.3) is 0 Å². The van der Waals surface area contributed by atoms with Crippen LogP contribution in [0, 0.1) is 0 Å². The topological polar surface area (TPSA) is 29.3 Å². The number of hydrogen-bond acceptors (Lipinski definition) is 3. The number of hydrogen-bond donors (Lipinski definition) is 1. The lowest BCUT2D eigenvalue weighted by Gasteiger charge is -2.30. The highest BCUT2D eigenvalue weighted by molar-refractivity contribution is 7.16. The van der Waals surface area contributed by atoms with Gasteiger partial charge in [-0.15, -0.1) is 11.3 Å². The maximum Gasteiger partial charge on any atom is 0.0931 e. The zero-order chi connectivity index (χ0) is 11.5. The van der Waals surface area contributed by atoms with Gasteiger partial charge in [0.2, 0.25) is 0 Å². The summed E-state index contributed by atoms with van der Waals surface area (Å²) < 4.78 is 0.862. The van der Waals surface area contributed by atoms with Crippen molar-refractivity contribution in [2.75, 3.05) is 13.1 Å². The molecular weight excluding hydrogens is 240 g/mol. The molecule has 0 bridgehead atoms. The Labute approximate surface area is 106 Å². The van der Waals surface area contributed by atoms with E-state index in [0.717, 1.165) is 16.9 Å². The van der Waals surface area contributed by atoms with Gasteiger partial charge in [0.15, 0.2) is 0 Å². The zero-order valence-corrected chi connectivity index (χ0v) is 11.2. The number of nitrogens with zero attached hydrogens (tertiary/aromatic N) is 1. The second-order valence-corrected chi connectivity index (χ2v) is 6.11. The largest absolute Gasteiger partial charge is 0.329 e. The highest BCUT2D eigenvalue weighted by Crippen LogP contribution is 2.37. The fourth-order valence-corrected chi connectivity index (χ4v) is 3.37. The van der Waals surface area contributed by atoms with Crippen LogP contribution in [0.3, 0.4) is 0 Å². The number of halogens is 1. The summed E-state index contributed by atoms with van der Waals surface area (Å²) in [7, 11) is 0. The van der Waals surface area contributed by atoms with Gasteiger partial charge >= 0.3 is 0 Å². The van der Waals surface area contributed by atoms with Gasteiger partial charge in [0, 0.05) is 17.5 Å². The van der Waals surface area contributed by atoms with Crippen LogP contribution in [-0.4, -0.2) is 24.0 Å². The first kappa shape index (κ1) is 12.4. The Kier molecular flexibility index (Phi) is 4.25. The molecule has 1 heterocycles. The highest BCUT2D eigenvalue weighted by atomic mass is 35.5. The number of thiophene rings is 1. The van der Waals surface area contributed by atoms with Gasteiger partial charge in [0.05, 0.1) is 10.4 Å². The Hall–Kier alpha value is -0.0900. The molecule has 0 radical (unpaired) electrons. The van der Waals surface area contributed by atoms with E-state index in [2.05, 4.69) is 17.9 Å². The maximum absolute atomic E-state index is 6.00. The molecule has 0 aliphatic heterocycles. The van der Waals surface area contributed by atoms with Crippen molar-refractivity contribution in [3.63, 3.8) is 0 Å². The summed E-state index contributed by atoms with van der Waals surface area (Å²) >= 11 is 7.66. The molecule has 0 aromatic carbocycles. The van der Waals surface area contributed by atoms with Crippen LogP contribution in [0.4, 0.5) is 0 Å². The van der Waals surface area contributed by atoms with E-state index >= 15 is 0 Å². The Bertz CT molecular complexity index is 336. The van der Waals surface area contributed by atoms with Gasteiger partial charge in [0.1, 0.15) is 0 Å². The standard InChI is InChI=1S/C12H19ClN2S/c1-2-7-15(9-3-4-9)10(8-14)11-5-6-12(13)16-11/h5-6,9-10H,2-4,7-8,14H2,1H3. The molecule has 1 aliphatic carbocycles. The molecule has 1 atom stereocenters. The minimum atomic E-state index is 0.366. The summed E-state index contributed by atoms with van der Waals surface area (Å²) in [6.45, 7) is 4.06. The molecule has 16 heavy (non-hydrogen) atoms. The van der Waals surface area contributed by atoms with Gasteiger partial charge in [-0.2, -0.15) is 0 Å². The van der Waals surface area contributed by atoms with Gasteiger partial charge in [-0.05, 0) is 37.9 Å². The van der Waals surface area contributed by atoms with E-state index in [4.69, 9.17) is 17.3 Å². The normalized spacial score (nSPS) is 18.0. The van der Waals surface area contributed by atoms with Crippen molar-refractivity contribution in [1.82, 2.24) is 4.90 Å². The summed E-state index contributed by atoms with van der Waals surface area (Å²) in [5.74, 6) is 0. The number of nitrogens with two attached hydrogens (primary N) is 1. The Balaban J connectivity index is 2.12. The lowest BCUT2D eigenvalue weighted by molar-refractivity contribution is 0.194. The van der Waals surface area contributed by atoms with Crippen molar-refractivity contribution in [2.24, 2.45) is 5.73 Å². The molecule has 4 heteroatoms. The van der Waals surface area contributed by atoms with Crippen LogP contribution in [0.15, 0.2) is 12.1 Å². The minimum Gasteiger partial charge on any atom is -0.329 e. The van der Waals surface area contributed by atoms with Crippen molar-refractivity contribution < 1.29 is 0 Å². The van der Waals surface area contributed by atoms with E-state index in [1.807, 2.05) is 6.07 Å².